The van der Waals surface area contributed by atoms with Crippen molar-refractivity contribution < 1.29 is 9.53 Å². The summed E-state index contributed by atoms with van der Waals surface area (Å²) in [5.74, 6) is 2.70. The monoisotopic (exact) mass is 300 g/mol. The van der Waals surface area contributed by atoms with Crippen LogP contribution in [0.15, 0.2) is 24.9 Å². The first kappa shape index (κ1) is 15.1. The number of piperidine rings is 1. The van der Waals surface area contributed by atoms with Gasteiger partial charge in [0.1, 0.15) is 0 Å². The largest absolute Gasteiger partial charge is 0.490 e. The van der Waals surface area contributed by atoms with Crippen LogP contribution >= 0.6 is 0 Å². The second-order valence-electron chi connectivity index (χ2n) is 6.42. The Morgan fingerprint density at radius 2 is 2.41 bits per heavy atom. The summed E-state index contributed by atoms with van der Waals surface area (Å²) in [5, 5.41) is 0. The predicted molar refractivity (Wildman–Crippen MR) is 87.4 cm³/mol. The third kappa shape index (κ3) is 3.16. The van der Waals surface area contributed by atoms with Gasteiger partial charge in [0.05, 0.1) is 6.61 Å². The van der Waals surface area contributed by atoms with E-state index in [-0.39, 0.29) is 5.78 Å². The number of aryl methyl sites for hydroxylation is 1. The van der Waals surface area contributed by atoms with Crippen molar-refractivity contribution in [1.82, 2.24) is 4.98 Å². The van der Waals surface area contributed by atoms with Gasteiger partial charge in [-0.25, -0.2) is 4.98 Å². The number of aromatic nitrogens is 1. The van der Waals surface area contributed by atoms with E-state index in [1.807, 2.05) is 13.1 Å². The molecule has 1 aromatic heterocycles. The average molecular weight is 300 g/mol. The lowest BCUT2D eigenvalue weighted by molar-refractivity contribution is -0.114. The van der Waals surface area contributed by atoms with Gasteiger partial charge < -0.3 is 9.64 Å². The second-order valence-corrected chi connectivity index (χ2v) is 6.42. The highest BCUT2D eigenvalue weighted by Crippen LogP contribution is 2.38. The summed E-state index contributed by atoms with van der Waals surface area (Å²) in [5.41, 5.74) is 1.13. The van der Waals surface area contributed by atoms with E-state index in [0.717, 1.165) is 56.0 Å². The Morgan fingerprint density at radius 1 is 1.55 bits per heavy atom. The van der Waals surface area contributed by atoms with Crippen molar-refractivity contribution in [3.8, 4) is 5.75 Å². The quantitative estimate of drug-likeness (QED) is 0.800. The highest BCUT2D eigenvalue weighted by molar-refractivity contribution is 5.88. The molecule has 0 bridgehead atoms. The van der Waals surface area contributed by atoms with Crippen molar-refractivity contribution in [2.24, 2.45) is 5.92 Å². The molecule has 2 aliphatic rings. The molecular weight excluding hydrogens is 276 g/mol. The molecule has 3 rings (SSSR count). The van der Waals surface area contributed by atoms with Crippen LogP contribution in [0.4, 0.5) is 5.82 Å². The lowest BCUT2D eigenvalue weighted by atomic mass is 9.86. The van der Waals surface area contributed by atoms with E-state index in [2.05, 4.69) is 22.5 Å². The van der Waals surface area contributed by atoms with Gasteiger partial charge in [-0.3, -0.25) is 4.79 Å². The Bertz CT molecular complexity index is 570. The maximum atomic E-state index is 11.4. The van der Waals surface area contributed by atoms with Crippen LogP contribution in [0.1, 0.15) is 37.7 Å². The molecule has 1 aromatic rings. The van der Waals surface area contributed by atoms with Gasteiger partial charge in [-0.1, -0.05) is 6.58 Å². The molecule has 4 heteroatoms. The number of carbonyl (C=O) groups excluding carboxylic acids is 1. The molecule has 0 aromatic carbocycles. The maximum Gasteiger partial charge on any atom is 0.171 e. The fraction of sp³-hybridized carbons (Fsp3) is 0.556. The Labute approximate surface area is 132 Å². The molecule has 2 aliphatic heterocycles. The first-order chi connectivity index (χ1) is 10.7. The summed E-state index contributed by atoms with van der Waals surface area (Å²) in [6, 6.07) is 2.56. The molecule has 2 unspecified atom stereocenters. The molecule has 0 N–H and O–H groups in total. The minimum atomic E-state index is 0.161. The Balaban J connectivity index is 1.70. The summed E-state index contributed by atoms with van der Waals surface area (Å²) in [6.45, 7) is 7.35. The van der Waals surface area contributed by atoms with Gasteiger partial charge in [-0.2, -0.15) is 0 Å². The molecule has 0 radical (unpaired) electrons. The fourth-order valence-corrected chi connectivity index (χ4v) is 3.56. The third-order valence-electron chi connectivity index (χ3n) is 4.80. The molecule has 4 nitrogen and oxygen atoms in total. The van der Waals surface area contributed by atoms with Gasteiger partial charge in [0.2, 0.25) is 0 Å². The van der Waals surface area contributed by atoms with Crippen molar-refractivity contribution in [3.63, 3.8) is 0 Å². The Morgan fingerprint density at radius 3 is 3.23 bits per heavy atom. The molecule has 2 atom stereocenters. The smallest absolute Gasteiger partial charge is 0.171 e. The lowest BCUT2D eigenvalue weighted by Gasteiger charge is -2.39. The summed E-state index contributed by atoms with van der Waals surface area (Å²) in [4.78, 5) is 18.4. The number of hydrogen-bond donors (Lipinski definition) is 0. The molecule has 3 heterocycles. The van der Waals surface area contributed by atoms with Gasteiger partial charge in [-0.15, -0.1) is 0 Å². The van der Waals surface area contributed by atoms with E-state index < -0.39 is 0 Å². The van der Waals surface area contributed by atoms with Gasteiger partial charge >= 0.3 is 0 Å². The van der Waals surface area contributed by atoms with Crippen molar-refractivity contribution in [1.29, 1.82) is 0 Å². The zero-order valence-electron chi connectivity index (χ0n) is 13.3. The zero-order chi connectivity index (χ0) is 15.5. The van der Waals surface area contributed by atoms with Gasteiger partial charge in [0, 0.05) is 31.6 Å². The maximum absolute atomic E-state index is 11.4. The van der Waals surface area contributed by atoms with Gasteiger partial charge in [0.25, 0.3) is 0 Å². The lowest BCUT2D eigenvalue weighted by Crippen LogP contribution is -2.43. The minimum absolute atomic E-state index is 0.161. The third-order valence-corrected chi connectivity index (χ3v) is 4.80. The van der Waals surface area contributed by atoms with E-state index in [4.69, 9.17) is 4.74 Å². The van der Waals surface area contributed by atoms with Crippen molar-refractivity contribution in [2.75, 3.05) is 18.1 Å². The standard InChI is InChI=1S/C18H24N2O2/c1-3-16(21)5-4-14-6-8-20-15(11-14)7-9-22-17-10-13(2)12-19-18(17)20/h3,10,12,14-15H,1,4-9,11H2,2H3. The molecule has 0 saturated carbocycles. The molecule has 0 amide bonds. The summed E-state index contributed by atoms with van der Waals surface area (Å²) in [7, 11) is 0. The number of hydrogen-bond acceptors (Lipinski definition) is 4. The number of ketones is 1. The van der Waals surface area contributed by atoms with Crippen LogP contribution in [0.5, 0.6) is 5.75 Å². The normalized spacial score (nSPS) is 23.8. The number of pyridine rings is 1. The minimum Gasteiger partial charge on any atom is -0.490 e. The van der Waals surface area contributed by atoms with E-state index in [1.165, 1.54) is 6.08 Å². The highest BCUT2D eigenvalue weighted by atomic mass is 16.5. The molecule has 1 saturated heterocycles. The number of fused-ring (bicyclic) bond motifs is 3. The number of rotatable bonds is 4. The van der Waals surface area contributed by atoms with Crippen LogP contribution in [0.3, 0.4) is 0 Å². The van der Waals surface area contributed by atoms with Crippen LogP contribution in [-0.2, 0) is 4.79 Å². The SMILES string of the molecule is C=CC(=O)CCC1CCN2c3ncc(C)cc3OCCC2C1. The van der Waals surface area contributed by atoms with Crippen LogP contribution in [0.2, 0.25) is 0 Å². The number of ether oxygens (including phenoxy) is 1. The highest BCUT2D eigenvalue weighted by Gasteiger charge is 2.32. The topological polar surface area (TPSA) is 42.4 Å². The Kier molecular flexibility index (Phi) is 4.46. The number of carbonyl (C=O) groups is 1. The first-order valence-electron chi connectivity index (χ1n) is 8.18. The second kappa shape index (κ2) is 6.51. The van der Waals surface area contributed by atoms with E-state index in [9.17, 15) is 4.79 Å². The molecule has 118 valence electrons. The number of nitrogens with zero attached hydrogens (tertiary/aromatic N) is 2. The van der Waals surface area contributed by atoms with Crippen LogP contribution in [0, 0.1) is 12.8 Å². The first-order valence-corrected chi connectivity index (χ1v) is 8.18. The van der Waals surface area contributed by atoms with Crippen molar-refractivity contribution >= 4 is 11.6 Å². The van der Waals surface area contributed by atoms with Crippen LogP contribution in [-0.4, -0.2) is 30.0 Å². The van der Waals surface area contributed by atoms with Gasteiger partial charge in [-0.05, 0) is 49.8 Å². The van der Waals surface area contributed by atoms with Crippen molar-refractivity contribution in [3.05, 3.63) is 30.5 Å². The molecular formula is C18H24N2O2. The summed E-state index contributed by atoms with van der Waals surface area (Å²) >= 11 is 0. The Hall–Kier alpha value is -1.84. The average Bonchev–Trinajstić information content (AvgIpc) is 2.70. The van der Waals surface area contributed by atoms with Crippen molar-refractivity contribution in [2.45, 2.75) is 45.1 Å². The summed E-state index contributed by atoms with van der Waals surface area (Å²) < 4.78 is 5.90. The molecule has 0 spiro atoms. The van der Waals surface area contributed by atoms with Gasteiger partial charge in [0.15, 0.2) is 17.4 Å². The predicted octanol–water partition coefficient (Wildman–Crippen LogP) is 3.29. The number of allylic oxidation sites excluding steroid dienone is 1. The van der Waals surface area contributed by atoms with Crippen LogP contribution in [0.25, 0.3) is 0 Å². The van der Waals surface area contributed by atoms with E-state index in [0.29, 0.717) is 18.4 Å². The molecule has 0 aliphatic carbocycles. The summed E-state index contributed by atoms with van der Waals surface area (Å²) in [6.07, 6.45) is 8.24. The fourth-order valence-electron chi connectivity index (χ4n) is 3.56. The molecule has 22 heavy (non-hydrogen) atoms. The van der Waals surface area contributed by atoms with E-state index in [1.54, 1.807) is 0 Å². The van der Waals surface area contributed by atoms with Crippen LogP contribution < -0.4 is 9.64 Å². The van der Waals surface area contributed by atoms with E-state index >= 15 is 0 Å². The number of anilines is 1. The zero-order valence-corrected chi connectivity index (χ0v) is 13.3. The molecule has 1 fully saturated rings.